The molecule has 0 saturated heterocycles. The highest BCUT2D eigenvalue weighted by Crippen LogP contribution is 2.31. The Labute approximate surface area is 177 Å². The van der Waals surface area contributed by atoms with Crippen molar-refractivity contribution in [1.82, 2.24) is 9.69 Å². The Bertz CT molecular complexity index is 929. The summed E-state index contributed by atoms with van der Waals surface area (Å²) in [6, 6.07) is 2.35. The Morgan fingerprint density at radius 1 is 1.23 bits per heavy atom. The number of aromatic nitrogens is 1. The van der Waals surface area contributed by atoms with Crippen molar-refractivity contribution in [2.45, 2.75) is 45.6 Å². The summed E-state index contributed by atoms with van der Waals surface area (Å²) in [5.74, 6) is -2.52. The molecule has 1 aromatic heterocycles. The van der Waals surface area contributed by atoms with Gasteiger partial charge in [-0.1, -0.05) is 31.4 Å². The molecule has 1 saturated carbocycles. The second-order valence-electron chi connectivity index (χ2n) is 7.35. The van der Waals surface area contributed by atoms with Crippen LogP contribution in [0.1, 0.15) is 53.6 Å². The molecule has 1 aromatic carbocycles. The fraction of sp³-hybridized carbons (Fsp3) is 0.450. The van der Waals surface area contributed by atoms with Crippen LogP contribution >= 0.6 is 11.5 Å². The molecule has 1 fully saturated rings. The maximum atomic E-state index is 14.0. The Kier molecular flexibility index (Phi) is 7.20. The van der Waals surface area contributed by atoms with Gasteiger partial charge in [0.25, 0.3) is 5.91 Å². The lowest BCUT2D eigenvalue weighted by Crippen LogP contribution is -2.34. The number of hydrogen-bond donors (Lipinski definition) is 3. The van der Waals surface area contributed by atoms with Gasteiger partial charge in [0.15, 0.2) is 11.6 Å². The molecule has 0 spiro atoms. The van der Waals surface area contributed by atoms with Crippen molar-refractivity contribution >= 4 is 28.5 Å². The number of rotatable bonds is 7. The number of halogens is 2. The number of anilines is 1. The van der Waals surface area contributed by atoms with Crippen molar-refractivity contribution in [2.75, 3.05) is 11.9 Å². The summed E-state index contributed by atoms with van der Waals surface area (Å²) in [5, 5.41) is 5.50. The predicted octanol–water partition coefficient (Wildman–Crippen LogP) is 4.11. The molecule has 3 amide bonds. The summed E-state index contributed by atoms with van der Waals surface area (Å²) in [6.45, 7) is 1.66. The average molecular weight is 439 g/mol. The van der Waals surface area contributed by atoms with Crippen molar-refractivity contribution < 1.29 is 23.1 Å². The number of aryl methyl sites for hydroxylation is 1. The number of nitrogens with two attached hydrogens (primary N) is 1. The molecule has 0 aliphatic heterocycles. The zero-order chi connectivity index (χ0) is 21.7. The molecule has 0 unspecified atom stereocenters. The molecule has 10 heteroatoms. The second kappa shape index (κ2) is 9.84. The van der Waals surface area contributed by atoms with E-state index in [-0.39, 0.29) is 34.2 Å². The molecule has 3 rings (SSSR count). The lowest BCUT2D eigenvalue weighted by Gasteiger charge is -2.21. The largest absolute Gasteiger partial charge is 0.471 e. The van der Waals surface area contributed by atoms with Crippen LogP contribution in [0.25, 0.3) is 0 Å². The first-order chi connectivity index (χ1) is 14.4. The van der Waals surface area contributed by atoms with E-state index in [9.17, 15) is 18.4 Å². The number of amides is 3. The molecule has 0 atom stereocenters. The standard InChI is InChI=1S/C20H24F2N4O3S/c1-11-7-8-13(16(22)15(11)21)10-29-18-14(17(23)27)19(30-26-18)25-20(28)24-9-12-5-3-2-4-6-12/h7-8,12H,2-6,9-10H2,1H3,(H2,23,27)(H2,24,25,28). The maximum Gasteiger partial charge on any atom is 0.319 e. The first-order valence-corrected chi connectivity index (χ1v) is 10.5. The molecule has 4 N–H and O–H groups in total. The molecule has 1 heterocycles. The first kappa shape index (κ1) is 21.9. The third-order valence-corrected chi connectivity index (χ3v) is 5.88. The van der Waals surface area contributed by atoms with Crippen molar-refractivity contribution in [2.24, 2.45) is 11.7 Å². The highest BCUT2D eigenvalue weighted by Gasteiger charge is 2.23. The smallest absolute Gasteiger partial charge is 0.319 e. The molecule has 1 aliphatic rings. The van der Waals surface area contributed by atoms with E-state index in [1.54, 1.807) is 0 Å². The van der Waals surface area contributed by atoms with Gasteiger partial charge in [0.2, 0.25) is 5.88 Å². The van der Waals surface area contributed by atoms with Gasteiger partial charge in [-0.15, -0.1) is 0 Å². The van der Waals surface area contributed by atoms with Gasteiger partial charge in [-0.25, -0.2) is 13.6 Å². The molecular weight excluding hydrogens is 414 g/mol. The van der Waals surface area contributed by atoms with Gasteiger partial charge in [-0.3, -0.25) is 10.1 Å². The van der Waals surface area contributed by atoms with Gasteiger partial charge in [-0.2, -0.15) is 4.37 Å². The molecule has 2 aromatic rings. The van der Waals surface area contributed by atoms with Crippen LogP contribution in [0.15, 0.2) is 12.1 Å². The van der Waals surface area contributed by atoms with Crippen molar-refractivity contribution in [3.8, 4) is 5.88 Å². The van der Waals surface area contributed by atoms with Gasteiger partial charge >= 0.3 is 6.03 Å². The van der Waals surface area contributed by atoms with Crippen LogP contribution in [0, 0.1) is 24.5 Å². The van der Waals surface area contributed by atoms with E-state index in [0.29, 0.717) is 12.5 Å². The van der Waals surface area contributed by atoms with E-state index < -0.39 is 23.6 Å². The first-order valence-electron chi connectivity index (χ1n) is 9.77. The molecule has 7 nitrogen and oxygen atoms in total. The maximum absolute atomic E-state index is 14.0. The lowest BCUT2D eigenvalue weighted by molar-refractivity contribution is 0.0996. The van der Waals surface area contributed by atoms with Crippen LogP contribution in [-0.2, 0) is 6.61 Å². The van der Waals surface area contributed by atoms with E-state index in [4.69, 9.17) is 10.5 Å². The number of hydrogen-bond acceptors (Lipinski definition) is 5. The average Bonchev–Trinajstić information content (AvgIpc) is 3.13. The Balaban J connectivity index is 1.64. The van der Waals surface area contributed by atoms with Crippen molar-refractivity contribution in [3.63, 3.8) is 0 Å². The lowest BCUT2D eigenvalue weighted by atomic mass is 9.89. The number of urea groups is 1. The highest BCUT2D eigenvalue weighted by molar-refractivity contribution is 7.11. The number of primary amides is 1. The monoisotopic (exact) mass is 438 g/mol. The van der Waals surface area contributed by atoms with Crippen molar-refractivity contribution in [1.29, 1.82) is 0 Å². The predicted molar refractivity (Wildman–Crippen MR) is 110 cm³/mol. The molecule has 30 heavy (non-hydrogen) atoms. The van der Waals surface area contributed by atoms with Crippen LogP contribution in [0.3, 0.4) is 0 Å². The van der Waals surface area contributed by atoms with E-state index in [1.165, 1.54) is 38.3 Å². The quantitative estimate of drug-likeness (QED) is 0.605. The fourth-order valence-electron chi connectivity index (χ4n) is 3.40. The number of carbonyl (C=O) groups excluding carboxylic acids is 2. The van der Waals surface area contributed by atoms with E-state index in [1.807, 2.05) is 0 Å². The summed E-state index contributed by atoms with van der Waals surface area (Å²) in [5.41, 5.74) is 5.45. The minimum absolute atomic E-state index is 0.0266. The Hall–Kier alpha value is -2.75. The topological polar surface area (TPSA) is 106 Å². The van der Waals surface area contributed by atoms with E-state index in [2.05, 4.69) is 15.0 Å². The van der Waals surface area contributed by atoms with E-state index >= 15 is 0 Å². The SMILES string of the molecule is Cc1ccc(COc2nsc(NC(=O)NCC3CCCCC3)c2C(N)=O)c(F)c1F. The van der Waals surface area contributed by atoms with Gasteiger partial charge in [0.1, 0.15) is 17.2 Å². The molecule has 1 aliphatic carbocycles. The van der Waals surface area contributed by atoms with Crippen LogP contribution in [-0.4, -0.2) is 22.9 Å². The second-order valence-corrected chi connectivity index (χ2v) is 8.13. The van der Waals surface area contributed by atoms with Crippen LogP contribution < -0.4 is 21.1 Å². The summed E-state index contributed by atoms with van der Waals surface area (Å²) < 4.78 is 37.1. The van der Waals surface area contributed by atoms with Crippen molar-refractivity contribution in [3.05, 3.63) is 40.5 Å². The Morgan fingerprint density at radius 3 is 2.67 bits per heavy atom. The Morgan fingerprint density at radius 2 is 1.97 bits per heavy atom. The summed E-state index contributed by atoms with van der Waals surface area (Å²) >= 11 is 0.824. The number of ether oxygens (including phenoxy) is 1. The van der Waals surface area contributed by atoms with Gasteiger partial charge in [-0.05, 0) is 42.8 Å². The summed E-state index contributed by atoms with van der Waals surface area (Å²) in [6.07, 6.45) is 5.73. The van der Waals surface area contributed by atoms with Crippen LogP contribution in [0.2, 0.25) is 0 Å². The highest BCUT2D eigenvalue weighted by atomic mass is 32.1. The minimum atomic E-state index is -1.02. The van der Waals surface area contributed by atoms with Gasteiger partial charge in [0.05, 0.1) is 0 Å². The van der Waals surface area contributed by atoms with Crippen LogP contribution in [0.4, 0.5) is 18.6 Å². The third kappa shape index (κ3) is 5.24. The number of nitrogens with zero attached hydrogens (tertiary/aromatic N) is 1. The zero-order valence-electron chi connectivity index (χ0n) is 16.6. The third-order valence-electron chi connectivity index (χ3n) is 5.13. The zero-order valence-corrected chi connectivity index (χ0v) is 17.4. The van der Waals surface area contributed by atoms with Crippen LogP contribution in [0.5, 0.6) is 5.88 Å². The number of benzene rings is 1. The van der Waals surface area contributed by atoms with E-state index in [0.717, 1.165) is 24.4 Å². The molecular formula is C20H24F2N4O3S. The summed E-state index contributed by atoms with van der Waals surface area (Å²) in [7, 11) is 0. The normalized spacial score (nSPS) is 14.4. The summed E-state index contributed by atoms with van der Waals surface area (Å²) in [4.78, 5) is 24.1. The van der Waals surface area contributed by atoms with Gasteiger partial charge in [0, 0.05) is 12.1 Å². The molecule has 0 radical (unpaired) electrons. The fourth-order valence-corrected chi connectivity index (χ4v) is 4.13. The minimum Gasteiger partial charge on any atom is -0.471 e. The van der Waals surface area contributed by atoms with Gasteiger partial charge < -0.3 is 15.8 Å². The molecule has 0 bridgehead atoms. The molecule has 162 valence electrons. The number of nitrogens with one attached hydrogen (secondary N) is 2. The number of carbonyl (C=O) groups is 2.